The Labute approximate surface area is 212 Å². The van der Waals surface area contributed by atoms with E-state index >= 15 is 0 Å². The summed E-state index contributed by atoms with van der Waals surface area (Å²) in [6.07, 6.45) is 6.01. The molecule has 0 radical (unpaired) electrons. The molecule has 192 valence electrons. The van der Waals surface area contributed by atoms with E-state index in [0.717, 1.165) is 43.8 Å². The van der Waals surface area contributed by atoms with E-state index in [1.807, 2.05) is 13.0 Å². The van der Waals surface area contributed by atoms with Gasteiger partial charge in [0.1, 0.15) is 11.5 Å². The average molecular weight is 494 g/mol. The lowest BCUT2D eigenvalue weighted by molar-refractivity contribution is -0.140. The van der Waals surface area contributed by atoms with Crippen molar-refractivity contribution in [2.24, 2.45) is 0 Å². The summed E-state index contributed by atoms with van der Waals surface area (Å²) in [5.41, 5.74) is 2.13. The second kappa shape index (κ2) is 12.1. The molecule has 1 unspecified atom stereocenters. The highest BCUT2D eigenvalue weighted by atomic mass is 16.5. The predicted molar refractivity (Wildman–Crippen MR) is 137 cm³/mol. The zero-order valence-corrected chi connectivity index (χ0v) is 21.1. The molecule has 2 fully saturated rings. The third-order valence-electron chi connectivity index (χ3n) is 6.72. The quantitative estimate of drug-likeness (QED) is 0.233. The number of amides is 1. The van der Waals surface area contributed by atoms with Crippen LogP contribution in [0.1, 0.15) is 48.9 Å². The maximum atomic E-state index is 13.2. The molecule has 0 saturated carbocycles. The zero-order valence-electron chi connectivity index (χ0n) is 21.1. The van der Waals surface area contributed by atoms with Crippen LogP contribution in [0.25, 0.3) is 5.76 Å². The molecular weight excluding hydrogens is 458 g/mol. The molecule has 36 heavy (non-hydrogen) atoms. The largest absolute Gasteiger partial charge is 0.507 e. The van der Waals surface area contributed by atoms with Gasteiger partial charge in [0.25, 0.3) is 11.7 Å². The van der Waals surface area contributed by atoms with Crippen molar-refractivity contribution >= 4 is 17.4 Å². The minimum atomic E-state index is -0.691. The molecular formula is C28H35N3O5. The molecule has 2 aromatic rings. The summed E-state index contributed by atoms with van der Waals surface area (Å²) in [5, 5.41) is 11.3. The highest BCUT2D eigenvalue weighted by Crippen LogP contribution is 2.39. The Kier molecular flexibility index (Phi) is 8.72. The molecule has 0 aliphatic carbocycles. The SMILES string of the molecule is CCCCOc1ccc(/C(O)=C2\C(=O)C(=O)N(CCCN3CCOCC3)C2c2cccnc2)cc1C. The Morgan fingerprint density at radius 1 is 1.17 bits per heavy atom. The first-order valence-corrected chi connectivity index (χ1v) is 12.7. The fraction of sp³-hybridized carbons (Fsp3) is 0.464. The summed E-state index contributed by atoms with van der Waals surface area (Å²) < 4.78 is 11.2. The second-order valence-electron chi connectivity index (χ2n) is 9.27. The first-order chi connectivity index (χ1) is 17.5. The lowest BCUT2D eigenvalue weighted by Crippen LogP contribution is -2.39. The Morgan fingerprint density at radius 3 is 2.67 bits per heavy atom. The Hall–Kier alpha value is -3.23. The molecule has 8 nitrogen and oxygen atoms in total. The molecule has 3 heterocycles. The number of unbranched alkanes of at least 4 members (excludes halogenated alkanes) is 1. The lowest BCUT2D eigenvalue weighted by Gasteiger charge is -2.29. The van der Waals surface area contributed by atoms with E-state index in [-0.39, 0.29) is 11.3 Å². The van der Waals surface area contributed by atoms with Crippen LogP contribution in [0, 0.1) is 6.92 Å². The Bertz CT molecular complexity index is 1100. The first-order valence-electron chi connectivity index (χ1n) is 12.7. The van der Waals surface area contributed by atoms with Gasteiger partial charge in [0.15, 0.2) is 0 Å². The molecule has 1 aromatic carbocycles. The van der Waals surface area contributed by atoms with Crippen LogP contribution in [0.4, 0.5) is 0 Å². The van der Waals surface area contributed by atoms with Crippen molar-refractivity contribution in [3.63, 3.8) is 0 Å². The van der Waals surface area contributed by atoms with Crippen LogP contribution in [0.2, 0.25) is 0 Å². The summed E-state index contributed by atoms with van der Waals surface area (Å²) in [5.74, 6) is -0.703. The summed E-state index contributed by atoms with van der Waals surface area (Å²) in [6, 6.07) is 8.25. The second-order valence-corrected chi connectivity index (χ2v) is 9.27. The van der Waals surface area contributed by atoms with Gasteiger partial charge in [0.2, 0.25) is 0 Å². The lowest BCUT2D eigenvalue weighted by atomic mass is 9.95. The molecule has 8 heteroatoms. The average Bonchev–Trinajstić information content (AvgIpc) is 3.15. The van der Waals surface area contributed by atoms with Gasteiger partial charge >= 0.3 is 0 Å². The molecule has 1 amide bonds. The fourth-order valence-corrected chi connectivity index (χ4v) is 4.72. The molecule has 2 aliphatic heterocycles. The van der Waals surface area contributed by atoms with E-state index < -0.39 is 17.7 Å². The number of rotatable bonds is 10. The standard InChI is InChI=1S/C28H35N3O5/c1-3-4-15-36-23-9-8-21(18-20(23)2)26(32)24-25(22-7-5-10-29-19-22)31(28(34)27(24)33)12-6-11-30-13-16-35-17-14-30/h5,7-10,18-19,25,32H,3-4,6,11-17H2,1-2H3/b26-24+. The number of hydrogen-bond acceptors (Lipinski definition) is 7. The summed E-state index contributed by atoms with van der Waals surface area (Å²) >= 11 is 0. The van der Waals surface area contributed by atoms with Crippen LogP contribution in [-0.2, 0) is 14.3 Å². The number of carbonyl (C=O) groups is 2. The normalized spacial score (nSPS) is 20.2. The van der Waals surface area contributed by atoms with E-state index in [1.165, 1.54) is 0 Å². The van der Waals surface area contributed by atoms with Gasteiger partial charge in [-0.05, 0) is 55.2 Å². The van der Waals surface area contributed by atoms with E-state index in [0.29, 0.717) is 43.9 Å². The monoisotopic (exact) mass is 493 g/mol. The predicted octanol–water partition coefficient (Wildman–Crippen LogP) is 3.71. The number of morpholine rings is 1. The van der Waals surface area contributed by atoms with Crippen molar-refractivity contribution in [2.75, 3.05) is 46.0 Å². The molecule has 1 N–H and O–H groups in total. The van der Waals surface area contributed by atoms with E-state index in [4.69, 9.17) is 9.47 Å². The summed E-state index contributed by atoms with van der Waals surface area (Å²) in [4.78, 5) is 34.4. The number of likely N-dealkylation sites (tertiary alicyclic amines) is 1. The van der Waals surface area contributed by atoms with E-state index in [1.54, 1.807) is 41.6 Å². The van der Waals surface area contributed by atoms with Crippen LogP contribution in [0.3, 0.4) is 0 Å². The molecule has 4 rings (SSSR count). The number of aliphatic hydroxyl groups excluding tert-OH is 1. The topological polar surface area (TPSA) is 92.2 Å². The number of nitrogens with zero attached hydrogens (tertiary/aromatic N) is 3. The van der Waals surface area contributed by atoms with Crippen LogP contribution >= 0.6 is 0 Å². The minimum Gasteiger partial charge on any atom is -0.507 e. The van der Waals surface area contributed by atoms with Gasteiger partial charge in [-0.2, -0.15) is 0 Å². The van der Waals surface area contributed by atoms with Gasteiger partial charge in [0, 0.05) is 44.1 Å². The number of ketones is 1. The number of aromatic nitrogens is 1. The van der Waals surface area contributed by atoms with Gasteiger partial charge in [-0.15, -0.1) is 0 Å². The number of hydrogen-bond donors (Lipinski definition) is 1. The van der Waals surface area contributed by atoms with Crippen LogP contribution in [0.15, 0.2) is 48.3 Å². The summed E-state index contributed by atoms with van der Waals surface area (Å²) in [7, 11) is 0. The smallest absolute Gasteiger partial charge is 0.295 e. The maximum Gasteiger partial charge on any atom is 0.295 e. The van der Waals surface area contributed by atoms with Crippen molar-refractivity contribution in [3.8, 4) is 5.75 Å². The van der Waals surface area contributed by atoms with Gasteiger partial charge in [-0.1, -0.05) is 19.4 Å². The van der Waals surface area contributed by atoms with Crippen molar-refractivity contribution in [3.05, 3.63) is 65.0 Å². The van der Waals surface area contributed by atoms with Gasteiger partial charge in [-0.25, -0.2) is 0 Å². The maximum absolute atomic E-state index is 13.2. The van der Waals surface area contributed by atoms with Gasteiger partial charge < -0.3 is 19.5 Å². The van der Waals surface area contributed by atoms with Crippen molar-refractivity contribution in [2.45, 2.75) is 39.2 Å². The Balaban J connectivity index is 1.62. The number of aryl methyl sites for hydroxylation is 1. The molecule has 2 aliphatic rings. The van der Waals surface area contributed by atoms with Crippen molar-refractivity contribution in [1.29, 1.82) is 0 Å². The number of ether oxygens (including phenoxy) is 2. The van der Waals surface area contributed by atoms with Crippen molar-refractivity contribution in [1.82, 2.24) is 14.8 Å². The van der Waals surface area contributed by atoms with Crippen LogP contribution in [-0.4, -0.2) is 77.6 Å². The highest BCUT2D eigenvalue weighted by molar-refractivity contribution is 6.46. The number of aliphatic hydroxyl groups is 1. The number of benzene rings is 1. The van der Waals surface area contributed by atoms with Gasteiger partial charge in [-0.3, -0.25) is 19.5 Å². The fourth-order valence-electron chi connectivity index (χ4n) is 4.72. The molecule has 0 spiro atoms. The van der Waals surface area contributed by atoms with E-state index in [9.17, 15) is 14.7 Å². The van der Waals surface area contributed by atoms with Crippen molar-refractivity contribution < 1.29 is 24.2 Å². The molecule has 2 saturated heterocycles. The third kappa shape index (κ3) is 5.77. The number of pyridine rings is 1. The van der Waals surface area contributed by atoms with Gasteiger partial charge in [0.05, 0.1) is 31.4 Å². The van der Waals surface area contributed by atoms with E-state index in [2.05, 4.69) is 16.8 Å². The minimum absolute atomic E-state index is 0.0958. The first kappa shape index (κ1) is 25.9. The van der Waals surface area contributed by atoms with Crippen LogP contribution in [0.5, 0.6) is 5.75 Å². The third-order valence-corrected chi connectivity index (χ3v) is 6.72. The molecule has 1 atom stereocenters. The highest BCUT2D eigenvalue weighted by Gasteiger charge is 2.46. The molecule has 0 bridgehead atoms. The molecule has 1 aromatic heterocycles. The number of Topliss-reactive ketones (excluding diaryl/α,β-unsaturated/α-hetero) is 1. The zero-order chi connectivity index (χ0) is 25.5. The number of carbonyl (C=O) groups excluding carboxylic acids is 2. The van der Waals surface area contributed by atoms with Crippen LogP contribution < -0.4 is 4.74 Å². The summed E-state index contributed by atoms with van der Waals surface area (Å²) in [6.45, 7) is 9.00. The Morgan fingerprint density at radius 2 is 1.97 bits per heavy atom.